The highest BCUT2D eigenvalue weighted by atomic mass is 35.5. The summed E-state index contributed by atoms with van der Waals surface area (Å²) in [4.78, 5) is 33.3. The average Bonchev–Trinajstić information content (AvgIpc) is 2.90. The number of rotatable bonds is 9. The Morgan fingerprint density at radius 2 is 1.68 bits per heavy atom. The SMILES string of the molecule is CC1=NC(C)=C(C(=O)O)C(c2cccc(Cl)c2)N1CCCN(C)C(=O)c1ccc(Oc2ccccc2)cc1. The van der Waals surface area contributed by atoms with Gasteiger partial charge >= 0.3 is 5.97 Å². The molecule has 1 aliphatic heterocycles. The molecule has 4 rings (SSSR count). The number of hydrogen-bond acceptors (Lipinski definition) is 5. The fourth-order valence-electron chi connectivity index (χ4n) is 4.58. The first-order valence-corrected chi connectivity index (χ1v) is 12.7. The number of para-hydroxylation sites is 1. The number of carbonyl (C=O) groups excluding carboxylic acids is 1. The summed E-state index contributed by atoms with van der Waals surface area (Å²) < 4.78 is 5.81. The van der Waals surface area contributed by atoms with Gasteiger partial charge in [-0.15, -0.1) is 0 Å². The number of aliphatic imine (C=N–C) groups is 1. The van der Waals surface area contributed by atoms with Gasteiger partial charge in [0, 0.05) is 30.7 Å². The number of halogens is 1. The Balaban J connectivity index is 1.42. The number of allylic oxidation sites excluding steroid dienone is 1. The minimum Gasteiger partial charge on any atom is -0.478 e. The molecular formula is C30H30ClN3O4. The molecule has 0 fully saturated rings. The van der Waals surface area contributed by atoms with Crippen LogP contribution in [0.2, 0.25) is 5.02 Å². The summed E-state index contributed by atoms with van der Waals surface area (Å²) >= 11 is 6.24. The van der Waals surface area contributed by atoms with Crippen molar-refractivity contribution in [3.8, 4) is 11.5 Å². The second kappa shape index (κ2) is 12.0. The Morgan fingerprint density at radius 3 is 2.34 bits per heavy atom. The fraction of sp³-hybridized carbons (Fsp3) is 0.233. The summed E-state index contributed by atoms with van der Waals surface area (Å²) in [6.45, 7) is 4.58. The number of ether oxygens (including phenoxy) is 1. The van der Waals surface area contributed by atoms with Crippen molar-refractivity contribution in [1.29, 1.82) is 0 Å². The standard InChI is InChI=1S/C30H30ClN3O4/c1-20-27(30(36)37)28(23-9-7-10-24(31)19-23)34(21(2)32-20)18-8-17-33(3)29(35)22-13-15-26(16-14-22)38-25-11-5-4-6-12-25/h4-7,9-16,19,28H,8,17-18H2,1-3H3,(H,36,37). The van der Waals surface area contributed by atoms with E-state index in [1.165, 1.54) is 0 Å². The Bertz CT molecular complexity index is 1370. The molecule has 1 N–H and O–H groups in total. The number of amides is 1. The summed E-state index contributed by atoms with van der Waals surface area (Å²) in [7, 11) is 1.76. The number of carbonyl (C=O) groups is 2. The maximum atomic E-state index is 13.0. The number of nitrogens with zero attached hydrogens (tertiary/aromatic N) is 3. The highest BCUT2D eigenvalue weighted by Crippen LogP contribution is 2.36. The lowest BCUT2D eigenvalue weighted by Crippen LogP contribution is -2.41. The molecule has 3 aromatic carbocycles. The second-order valence-electron chi connectivity index (χ2n) is 9.13. The fourth-order valence-corrected chi connectivity index (χ4v) is 4.78. The summed E-state index contributed by atoms with van der Waals surface area (Å²) in [5, 5.41) is 10.5. The molecule has 1 unspecified atom stereocenters. The van der Waals surface area contributed by atoms with E-state index in [4.69, 9.17) is 16.3 Å². The van der Waals surface area contributed by atoms with Gasteiger partial charge < -0.3 is 19.6 Å². The van der Waals surface area contributed by atoms with Crippen LogP contribution in [0.1, 0.15) is 42.2 Å². The molecule has 0 aliphatic carbocycles. The van der Waals surface area contributed by atoms with Crippen LogP contribution in [0, 0.1) is 0 Å². The number of carboxylic acids is 1. The molecule has 0 saturated carbocycles. The number of hydrogen-bond donors (Lipinski definition) is 1. The summed E-state index contributed by atoms with van der Waals surface area (Å²) in [6, 6.07) is 23.2. The molecule has 196 valence electrons. The van der Waals surface area contributed by atoms with E-state index in [2.05, 4.69) is 4.99 Å². The van der Waals surface area contributed by atoms with E-state index >= 15 is 0 Å². The van der Waals surface area contributed by atoms with Crippen LogP contribution in [0.5, 0.6) is 11.5 Å². The molecule has 0 aromatic heterocycles. The molecule has 3 aromatic rings. The van der Waals surface area contributed by atoms with E-state index in [0.717, 1.165) is 17.1 Å². The van der Waals surface area contributed by atoms with Gasteiger partial charge in [0.1, 0.15) is 17.3 Å². The Morgan fingerprint density at radius 1 is 1.00 bits per heavy atom. The van der Waals surface area contributed by atoms with E-state index in [-0.39, 0.29) is 11.5 Å². The molecule has 8 heteroatoms. The molecule has 0 radical (unpaired) electrons. The molecule has 1 heterocycles. The lowest BCUT2D eigenvalue weighted by atomic mass is 9.93. The second-order valence-corrected chi connectivity index (χ2v) is 9.57. The zero-order valence-corrected chi connectivity index (χ0v) is 22.4. The quantitative estimate of drug-likeness (QED) is 0.344. The van der Waals surface area contributed by atoms with Crippen LogP contribution in [0.3, 0.4) is 0 Å². The van der Waals surface area contributed by atoms with Gasteiger partial charge in [0.05, 0.1) is 17.3 Å². The number of amidine groups is 1. The van der Waals surface area contributed by atoms with Crippen molar-refractivity contribution in [3.63, 3.8) is 0 Å². The Hall–Kier alpha value is -4.10. The van der Waals surface area contributed by atoms with Crippen LogP contribution < -0.4 is 4.74 Å². The van der Waals surface area contributed by atoms with E-state index < -0.39 is 12.0 Å². The molecule has 1 amide bonds. The van der Waals surface area contributed by atoms with Crippen molar-refractivity contribution in [2.45, 2.75) is 26.3 Å². The molecule has 7 nitrogen and oxygen atoms in total. The van der Waals surface area contributed by atoms with Gasteiger partial charge in [-0.05, 0) is 74.4 Å². The molecular weight excluding hydrogens is 502 g/mol. The zero-order valence-electron chi connectivity index (χ0n) is 21.6. The van der Waals surface area contributed by atoms with E-state index in [9.17, 15) is 14.7 Å². The van der Waals surface area contributed by atoms with Crippen LogP contribution in [0.15, 0.2) is 95.1 Å². The smallest absolute Gasteiger partial charge is 0.335 e. The first-order chi connectivity index (χ1) is 18.2. The van der Waals surface area contributed by atoms with Crippen molar-refractivity contribution < 1.29 is 19.4 Å². The van der Waals surface area contributed by atoms with Gasteiger partial charge in [-0.25, -0.2) is 9.79 Å². The van der Waals surface area contributed by atoms with Crippen molar-refractivity contribution in [3.05, 3.63) is 106 Å². The highest BCUT2D eigenvalue weighted by Gasteiger charge is 2.34. The summed E-state index contributed by atoms with van der Waals surface area (Å²) in [5.74, 6) is 0.988. The maximum Gasteiger partial charge on any atom is 0.335 e. The maximum absolute atomic E-state index is 13.0. The predicted octanol–water partition coefficient (Wildman–Crippen LogP) is 6.43. The van der Waals surface area contributed by atoms with Crippen LogP contribution in [0.4, 0.5) is 0 Å². The highest BCUT2D eigenvalue weighted by molar-refractivity contribution is 6.30. The number of aliphatic carboxylic acids is 1. The van der Waals surface area contributed by atoms with Crippen LogP contribution in [0.25, 0.3) is 0 Å². The lowest BCUT2D eigenvalue weighted by Gasteiger charge is -2.37. The Kier molecular flexibility index (Phi) is 8.48. The van der Waals surface area contributed by atoms with Gasteiger partial charge in [-0.1, -0.05) is 41.9 Å². The van der Waals surface area contributed by atoms with Gasteiger partial charge in [-0.3, -0.25) is 4.79 Å². The summed E-state index contributed by atoms with van der Waals surface area (Å²) in [6.07, 6.45) is 0.618. The zero-order chi connectivity index (χ0) is 27.2. The van der Waals surface area contributed by atoms with E-state index in [0.29, 0.717) is 41.5 Å². The Labute approximate surface area is 227 Å². The van der Waals surface area contributed by atoms with E-state index in [1.807, 2.05) is 54.3 Å². The molecule has 0 bridgehead atoms. The molecule has 1 atom stereocenters. The summed E-state index contributed by atoms with van der Waals surface area (Å²) in [5.41, 5.74) is 2.04. The van der Waals surface area contributed by atoms with Crippen molar-refractivity contribution in [1.82, 2.24) is 9.80 Å². The molecule has 1 aliphatic rings. The normalized spacial score (nSPS) is 15.2. The minimum atomic E-state index is -1.01. The van der Waals surface area contributed by atoms with Gasteiger partial charge in [0.15, 0.2) is 0 Å². The van der Waals surface area contributed by atoms with Crippen molar-refractivity contribution in [2.75, 3.05) is 20.1 Å². The lowest BCUT2D eigenvalue weighted by molar-refractivity contribution is -0.133. The van der Waals surface area contributed by atoms with Crippen molar-refractivity contribution >= 4 is 29.3 Å². The third-order valence-electron chi connectivity index (χ3n) is 6.43. The van der Waals surface area contributed by atoms with Crippen molar-refractivity contribution in [2.24, 2.45) is 4.99 Å². The van der Waals surface area contributed by atoms with Crippen LogP contribution in [-0.2, 0) is 4.79 Å². The number of carboxylic acid groups (broad SMARTS) is 1. The first-order valence-electron chi connectivity index (χ1n) is 12.3. The number of benzene rings is 3. The van der Waals surface area contributed by atoms with Gasteiger partial charge in [0.2, 0.25) is 0 Å². The predicted molar refractivity (Wildman–Crippen MR) is 149 cm³/mol. The molecule has 0 spiro atoms. The first kappa shape index (κ1) is 26.9. The van der Waals surface area contributed by atoms with Gasteiger partial charge in [-0.2, -0.15) is 0 Å². The van der Waals surface area contributed by atoms with Crippen LogP contribution in [-0.4, -0.2) is 52.8 Å². The molecule has 38 heavy (non-hydrogen) atoms. The van der Waals surface area contributed by atoms with E-state index in [1.54, 1.807) is 55.3 Å². The molecule has 0 saturated heterocycles. The monoisotopic (exact) mass is 531 g/mol. The largest absolute Gasteiger partial charge is 0.478 e. The topological polar surface area (TPSA) is 82.4 Å². The third-order valence-corrected chi connectivity index (χ3v) is 6.67. The van der Waals surface area contributed by atoms with Gasteiger partial charge in [0.25, 0.3) is 5.91 Å². The van der Waals surface area contributed by atoms with Crippen LogP contribution >= 0.6 is 11.6 Å². The minimum absolute atomic E-state index is 0.103. The average molecular weight is 532 g/mol. The third kappa shape index (κ3) is 6.23.